The summed E-state index contributed by atoms with van der Waals surface area (Å²) in [6, 6.07) is 17.5. The number of pyridine rings is 1. The van der Waals surface area contributed by atoms with E-state index in [-0.39, 0.29) is 11.9 Å². The lowest BCUT2D eigenvalue weighted by atomic mass is 9.85. The molecule has 0 spiro atoms. The van der Waals surface area contributed by atoms with Gasteiger partial charge in [0.25, 0.3) is 0 Å². The third-order valence-electron chi connectivity index (χ3n) is 7.04. The number of phenolic OH excluding ortho intramolecular Hbond substituents is 1. The van der Waals surface area contributed by atoms with Crippen molar-refractivity contribution in [3.63, 3.8) is 0 Å². The molecule has 5 rings (SSSR count). The summed E-state index contributed by atoms with van der Waals surface area (Å²) in [5.41, 5.74) is 6.12. The Hall–Kier alpha value is -3.31. The Kier molecular flexibility index (Phi) is 6.29. The van der Waals surface area contributed by atoms with E-state index >= 15 is 0 Å². The van der Waals surface area contributed by atoms with E-state index in [0.29, 0.717) is 6.61 Å². The second-order valence-electron chi connectivity index (χ2n) is 9.30. The van der Waals surface area contributed by atoms with Gasteiger partial charge in [-0.25, -0.2) is 0 Å². The number of nitrogens with zero attached hydrogens (tertiary/aromatic N) is 2. The molecule has 34 heavy (non-hydrogen) atoms. The summed E-state index contributed by atoms with van der Waals surface area (Å²) in [4.78, 5) is 6.96. The van der Waals surface area contributed by atoms with Crippen LogP contribution in [0.5, 0.6) is 17.2 Å². The van der Waals surface area contributed by atoms with Gasteiger partial charge >= 0.3 is 0 Å². The van der Waals surface area contributed by atoms with Gasteiger partial charge in [0, 0.05) is 48.2 Å². The smallest absolute Gasteiger partial charge is 0.150 e. The van der Waals surface area contributed by atoms with Gasteiger partial charge in [0.05, 0.1) is 0 Å². The highest BCUT2D eigenvalue weighted by molar-refractivity contribution is 5.96. The first kappa shape index (κ1) is 22.5. The summed E-state index contributed by atoms with van der Waals surface area (Å²) in [6.45, 7) is 10.4. The molecule has 1 atom stereocenters. The van der Waals surface area contributed by atoms with Crippen LogP contribution in [-0.2, 0) is 0 Å². The van der Waals surface area contributed by atoms with Gasteiger partial charge in [-0.15, -0.1) is 0 Å². The second kappa shape index (κ2) is 9.51. The molecular formula is C29H32N2O3. The van der Waals surface area contributed by atoms with Crippen molar-refractivity contribution < 1.29 is 14.6 Å². The van der Waals surface area contributed by atoms with Crippen molar-refractivity contribution in [2.24, 2.45) is 5.92 Å². The highest BCUT2D eigenvalue weighted by Crippen LogP contribution is 2.47. The van der Waals surface area contributed by atoms with Crippen LogP contribution < -0.4 is 9.47 Å². The number of aryl methyl sites for hydroxylation is 1. The van der Waals surface area contributed by atoms with Gasteiger partial charge in [0.1, 0.15) is 30.0 Å². The standard InChI is InChI=1S/C29H32N2O3/c1-4-21-17-31(18-21)14-15-33-24-10-7-22(8-11-24)29-28(25-6-5-13-30-20(25)3)19(2)26-16-23(32)9-12-27(26)34-29/h5-13,16,21,29,32H,4,14-15,17-18H2,1-3H3. The van der Waals surface area contributed by atoms with E-state index in [0.717, 1.165) is 57.5 Å². The lowest BCUT2D eigenvalue weighted by Gasteiger charge is -2.38. The first-order chi connectivity index (χ1) is 16.5. The maximum absolute atomic E-state index is 10.1. The van der Waals surface area contributed by atoms with Crippen molar-refractivity contribution in [1.29, 1.82) is 0 Å². The predicted molar refractivity (Wildman–Crippen MR) is 135 cm³/mol. The van der Waals surface area contributed by atoms with E-state index in [1.165, 1.54) is 19.5 Å². The number of allylic oxidation sites excluding steroid dienone is 1. The van der Waals surface area contributed by atoms with Crippen LogP contribution in [0.2, 0.25) is 0 Å². The predicted octanol–water partition coefficient (Wildman–Crippen LogP) is 5.88. The monoisotopic (exact) mass is 456 g/mol. The minimum absolute atomic E-state index is 0.229. The molecule has 1 N–H and O–H groups in total. The molecule has 1 saturated heterocycles. The molecule has 2 aliphatic heterocycles. The summed E-state index contributed by atoms with van der Waals surface area (Å²) in [6.07, 6.45) is 2.80. The minimum Gasteiger partial charge on any atom is -0.508 e. The first-order valence-electron chi connectivity index (χ1n) is 12.1. The number of hydrogen-bond donors (Lipinski definition) is 1. The molecule has 3 aromatic rings. The third kappa shape index (κ3) is 4.40. The number of rotatable bonds is 7. The fourth-order valence-corrected chi connectivity index (χ4v) is 4.94. The fourth-order valence-electron chi connectivity index (χ4n) is 4.94. The normalized spacial score (nSPS) is 18.3. The average molecular weight is 457 g/mol. The molecule has 3 heterocycles. The number of ether oxygens (including phenoxy) is 2. The maximum Gasteiger partial charge on any atom is 0.150 e. The average Bonchev–Trinajstić information content (AvgIpc) is 2.82. The van der Waals surface area contributed by atoms with Gasteiger partial charge in [-0.05, 0) is 67.3 Å². The summed E-state index contributed by atoms with van der Waals surface area (Å²) < 4.78 is 12.5. The highest BCUT2D eigenvalue weighted by Gasteiger charge is 2.30. The second-order valence-corrected chi connectivity index (χ2v) is 9.30. The number of benzene rings is 2. The number of aromatic nitrogens is 1. The van der Waals surface area contributed by atoms with Gasteiger partial charge in [-0.2, -0.15) is 0 Å². The Morgan fingerprint density at radius 1 is 1.06 bits per heavy atom. The van der Waals surface area contributed by atoms with Crippen molar-refractivity contribution in [2.45, 2.75) is 33.3 Å². The van der Waals surface area contributed by atoms with Crippen molar-refractivity contribution in [1.82, 2.24) is 9.88 Å². The zero-order valence-corrected chi connectivity index (χ0v) is 20.1. The lowest BCUT2D eigenvalue weighted by Crippen LogP contribution is -2.47. The van der Waals surface area contributed by atoms with Gasteiger partial charge in [-0.1, -0.05) is 31.5 Å². The number of aromatic hydroxyl groups is 1. The summed E-state index contributed by atoms with van der Waals surface area (Å²) in [5.74, 6) is 2.73. The van der Waals surface area contributed by atoms with Gasteiger partial charge in [0.15, 0.2) is 0 Å². The molecule has 5 heteroatoms. The number of phenols is 1. The van der Waals surface area contributed by atoms with E-state index in [2.05, 4.69) is 41.9 Å². The largest absolute Gasteiger partial charge is 0.508 e. The number of hydrogen-bond acceptors (Lipinski definition) is 5. The molecule has 2 aromatic carbocycles. The quantitative estimate of drug-likeness (QED) is 0.481. The molecule has 0 radical (unpaired) electrons. The van der Waals surface area contributed by atoms with Gasteiger partial charge in [0.2, 0.25) is 0 Å². The van der Waals surface area contributed by atoms with E-state index in [9.17, 15) is 5.11 Å². The Bertz CT molecular complexity index is 1200. The Morgan fingerprint density at radius 2 is 1.85 bits per heavy atom. The summed E-state index contributed by atoms with van der Waals surface area (Å²) in [5, 5.41) is 10.1. The molecule has 0 saturated carbocycles. The molecule has 0 aliphatic carbocycles. The third-order valence-corrected chi connectivity index (χ3v) is 7.04. The van der Waals surface area contributed by atoms with Crippen molar-refractivity contribution in [3.05, 3.63) is 83.2 Å². The Labute approximate surface area is 201 Å². The molecule has 1 aromatic heterocycles. The van der Waals surface area contributed by atoms with Crippen LogP contribution in [0.1, 0.15) is 48.8 Å². The summed E-state index contributed by atoms with van der Waals surface area (Å²) in [7, 11) is 0. The Morgan fingerprint density at radius 3 is 2.59 bits per heavy atom. The molecule has 176 valence electrons. The van der Waals surface area contributed by atoms with Crippen LogP contribution in [0.15, 0.2) is 60.8 Å². The number of fused-ring (bicyclic) bond motifs is 1. The first-order valence-corrected chi connectivity index (χ1v) is 12.1. The molecule has 2 aliphatic rings. The van der Waals surface area contributed by atoms with Crippen molar-refractivity contribution in [3.8, 4) is 17.2 Å². The van der Waals surface area contributed by atoms with E-state index in [1.54, 1.807) is 12.1 Å². The SMILES string of the molecule is CCC1CN(CCOc2ccc(C3Oc4ccc(O)cc4C(C)=C3c3cccnc3C)cc2)C1. The number of likely N-dealkylation sites (tertiary alicyclic amines) is 1. The van der Waals surface area contributed by atoms with Crippen molar-refractivity contribution in [2.75, 3.05) is 26.2 Å². The fraction of sp³-hybridized carbons (Fsp3) is 0.345. The molecule has 1 fully saturated rings. The zero-order chi connectivity index (χ0) is 23.7. The molecule has 1 unspecified atom stereocenters. The van der Waals surface area contributed by atoms with E-state index in [4.69, 9.17) is 9.47 Å². The topological polar surface area (TPSA) is 54.8 Å². The molecular weight excluding hydrogens is 424 g/mol. The van der Waals surface area contributed by atoms with Crippen LogP contribution in [0.4, 0.5) is 0 Å². The maximum atomic E-state index is 10.1. The zero-order valence-electron chi connectivity index (χ0n) is 20.1. The highest BCUT2D eigenvalue weighted by atomic mass is 16.5. The van der Waals surface area contributed by atoms with Crippen LogP contribution in [-0.4, -0.2) is 41.2 Å². The van der Waals surface area contributed by atoms with Crippen LogP contribution in [0, 0.1) is 12.8 Å². The van der Waals surface area contributed by atoms with Crippen LogP contribution in [0.25, 0.3) is 11.1 Å². The molecule has 0 bridgehead atoms. The van der Waals surface area contributed by atoms with Gasteiger partial charge in [-0.3, -0.25) is 9.88 Å². The Balaban J connectivity index is 1.39. The van der Waals surface area contributed by atoms with Crippen LogP contribution >= 0.6 is 0 Å². The van der Waals surface area contributed by atoms with Crippen LogP contribution in [0.3, 0.4) is 0 Å². The van der Waals surface area contributed by atoms with E-state index in [1.807, 2.05) is 37.4 Å². The van der Waals surface area contributed by atoms with E-state index < -0.39 is 0 Å². The van der Waals surface area contributed by atoms with Gasteiger partial charge < -0.3 is 14.6 Å². The molecule has 0 amide bonds. The van der Waals surface area contributed by atoms with Crippen molar-refractivity contribution >= 4 is 11.1 Å². The minimum atomic E-state index is -0.277. The molecule has 5 nitrogen and oxygen atoms in total. The lowest BCUT2D eigenvalue weighted by molar-refractivity contribution is 0.0806. The summed E-state index contributed by atoms with van der Waals surface area (Å²) >= 11 is 0.